The Morgan fingerprint density at radius 1 is 1.31 bits per heavy atom. The zero-order valence-electron chi connectivity index (χ0n) is 10.2. The van der Waals surface area contributed by atoms with Crippen LogP contribution in [0, 0.1) is 5.92 Å². The Hall–Kier alpha value is -0.730. The van der Waals surface area contributed by atoms with Crippen molar-refractivity contribution in [2.24, 2.45) is 11.7 Å². The van der Waals surface area contributed by atoms with E-state index in [2.05, 4.69) is 13.8 Å². The van der Waals surface area contributed by atoms with Gasteiger partial charge in [-0.25, -0.2) is 0 Å². The second-order valence-electron chi connectivity index (χ2n) is 4.50. The average molecular weight is 242 g/mol. The molecule has 0 aromatic heterocycles. The Kier molecular flexibility index (Phi) is 5.10. The third kappa shape index (κ3) is 4.03. The third-order valence-electron chi connectivity index (χ3n) is 2.42. The normalized spacial score (nSPS) is 12.9. The molecule has 2 N–H and O–H groups in total. The highest BCUT2D eigenvalue weighted by molar-refractivity contribution is 6.30. The highest BCUT2D eigenvalue weighted by Crippen LogP contribution is 2.27. The molecule has 0 amide bonds. The van der Waals surface area contributed by atoms with Gasteiger partial charge in [-0.15, -0.1) is 0 Å². The summed E-state index contributed by atoms with van der Waals surface area (Å²) in [5, 5.41) is 0.698. The summed E-state index contributed by atoms with van der Waals surface area (Å²) in [6.45, 7) is 7.01. The van der Waals surface area contributed by atoms with Crippen LogP contribution in [0.5, 0.6) is 5.75 Å². The van der Waals surface area contributed by atoms with E-state index in [9.17, 15) is 0 Å². The van der Waals surface area contributed by atoms with Gasteiger partial charge in [0, 0.05) is 16.6 Å². The van der Waals surface area contributed by atoms with Crippen LogP contribution >= 0.6 is 11.6 Å². The average Bonchev–Trinajstić information content (AvgIpc) is 2.19. The van der Waals surface area contributed by atoms with Crippen molar-refractivity contribution in [1.82, 2.24) is 0 Å². The highest BCUT2D eigenvalue weighted by Gasteiger charge is 2.09. The minimum atomic E-state index is -0.0623. The summed E-state index contributed by atoms with van der Waals surface area (Å²) in [5.74, 6) is 1.49. The number of rotatable bonds is 5. The molecule has 2 nitrogen and oxygen atoms in total. The van der Waals surface area contributed by atoms with Crippen molar-refractivity contribution in [2.75, 3.05) is 6.61 Å². The highest BCUT2D eigenvalue weighted by atomic mass is 35.5. The summed E-state index contributed by atoms with van der Waals surface area (Å²) in [4.78, 5) is 0. The van der Waals surface area contributed by atoms with Crippen molar-refractivity contribution in [3.63, 3.8) is 0 Å². The van der Waals surface area contributed by atoms with Gasteiger partial charge in [0.25, 0.3) is 0 Å². The maximum atomic E-state index is 5.93. The van der Waals surface area contributed by atoms with Gasteiger partial charge in [0.05, 0.1) is 6.61 Å². The first-order valence-electron chi connectivity index (χ1n) is 5.68. The summed E-state index contributed by atoms with van der Waals surface area (Å²) in [5.41, 5.74) is 6.85. The molecule has 0 saturated carbocycles. The predicted octanol–water partition coefficient (Wildman–Crippen LogP) is 3.78. The summed E-state index contributed by atoms with van der Waals surface area (Å²) in [6, 6.07) is 5.53. The first-order valence-corrected chi connectivity index (χ1v) is 6.06. The Morgan fingerprint density at radius 3 is 2.56 bits per heavy atom. The molecule has 0 bridgehead atoms. The smallest absolute Gasteiger partial charge is 0.124 e. The van der Waals surface area contributed by atoms with Gasteiger partial charge in [0.15, 0.2) is 0 Å². The minimum Gasteiger partial charge on any atom is -0.493 e. The van der Waals surface area contributed by atoms with Crippen LogP contribution < -0.4 is 10.5 Å². The first-order chi connectivity index (χ1) is 7.50. The Labute approximate surface area is 103 Å². The second-order valence-corrected chi connectivity index (χ2v) is 4.94. The zero-order valence-corrected chi connectivity index (χ0v) is 10.9. The van der Waals surface area contributed by atoms with Crippen LogP contribution in [0.1, 0.15) is 38.8 Å². The van der Waals surface area contributed by atoms with Gasteiger partial charge in [-0.2, -0.15) is 0 Å². The Bertz CT molecular complexity index is 337. The summed E-state index contributed by atoms with van der Waals surface area (Å²) >= 11 is 5.93. The molecule has 0 radical (unpaired) electrons. The van der Waals surface area contributed by atoms with E-state index in [-0.39, 0.29) is 6.04 Å². The molecule has 0 spiro atoms. The standard InChI is InChI=1S/C13H20ClNO/c1-9(2)6-7-16-13-5-4-11(14)8-12(13)10(3)15/h4-5,8-10H,6-7,15H2,1-3H3/t10-/m0/s1. The molecule has 1 rings (SSSR count). The van der Waals surface area contributed by atoms with Gasteiger partial charge in [-0.1, -0.05) is 25.4 Å². The van der Waals surface area contributed by atoms with E-state index in [0.29, 0.717) is 10.9 Å². The van der Waals surface area contributed by atoms with Crippen LogP contribution in [0.3, 0.4) is 0 Å². The molecule has 1 aromatic rings. The molecule has 16 heavy (non-hydrogen) atoms. The fourth-order valence-corrected chi connectivity index (χ4v) is 1.59. The molecule has 0 heterocycles. The lowest BCUT2D eigenvalue weighted by atomic mass is 10.1. The number of nitrogens with two attached hydrogens (primary N) is 1. The van der Waals surface area contributed by atoms with Crippen LogP contribution in [0.15, 0.2) is 18.2 Å². The SMILES string of the molecule is CC(C)CCOc1ccc(Cl)cc1[C@H](C)N. The van der Waals surface area contributed by atoms with Gasteiger partial charge in [-0.05, 0) is 37.5 Å². The molecule has 0 aliphatic rings. The van der Waals surface area contributed by atoms with Crippen molar-refractivity contribution in [3.8, 4) is 5.75 Å². The number of halogens is 1. The van der Waals surface area contributed by atoms with Crippen molar-refractivity contribution in [2.45, 2.75) is 33.2 Å². The largest absolute Gasteiger partial charge is 0.493 e. The fourth-order valence-electron chi connectivity index (χ4n) is 1.41. The molecule has 0 fully saturated rings. The molecule has 0 unspecified atom stereocenters. The van der Waals surface area contributed by atoms with E-state index in [4.69, 9.17) is 22.1 Å². The molecule has 0 saturated heterocycles. The summed E-state index contributed by atoms with van der Waals surface area (Å²) < 4.78 is 5.73. The van der Waals surface area contributed by atoms with Crippen molar-refractivity contribution >= 4 is 11.6 Å². The number of ether oxygens (including phenoxy) is 1. The van der Waals surface area contributed by atoms with Crippen molar-refractivity contribution < 1.29 is 4.74 Å². The molecule has 1 atom stereocenters. The van der Waals surface area contributed by atoms with Gasteiger partial charge in [0.2, 0.25) is 0 Å². The molecule has 1 aromatic carbocycles. The predicted molar refractivity (Wildman–Crippen MR) is 69.0 cm³/mol. The molecular formula is C13H20ClNO. The van der Waals surface area contributed by atoms with Crippen LogP contribution in [0.2, 0.25) is 5.02 Å². The molecule has 0 aliphatic carbocycles. The van der Waals surface area contributed by atoms with Crippen molar-refractivity contribution in [1.29, 1.82) is 0 Å². The monoisotopic (exact) mass is 241 g/mol. The molecule has 0 aliphatic heterocycles. The minimum absolute atomic E-state index is 0.0623. The van der Waals surface area contributed by atoms with Gasteiger partial charge < -0.3 is 10.5 Å². The van der Waals surface area contributed by atoms with E-state index >= 15 is 0 Å². The van der Waals surface area contributed by atoms with E-state index in [1.165, 1.54) is 0 Å². The maximum absolute atomic E-state index is 5.93. The first kappa shape index (κ1) is 13.3. The van der Waals surface area contributed by atoms with Gasteiger partial charge in [-0.3, -0.25) is 0 Å². The number of hydrogen-bond acceptors (Lipinski definition) is 2. The van der Waals surface area contributed by atoms with E-state index in [0.717, 1.165) is 24.3 Å². The lowest BCUT2D eigenvalue weighted by Crippen LogP contribution is -2.09. The van der Waals surface area contributed by atoms with E-state index in [1.807, 2.05) is 25.1 Å². The van der Waals surface area contributed by atoms with E-state index < -0.39 is 0 Å². The van der Waals surface area contributed by atoms with Crippen LogP contribution in [-0.2, 0) is 0 Å². The fraction of sp³-hybridized carbons (Fsp3) is 0.538. The summed E-state index contributed by atoms with van der Waals surface area (Å²) in [6.07, 6.45) is 1.04. The third-order valence-corrected chi connectivity index (χ3v) is 2.65. The molecule has 90 valence electrons. The van der Waals surface area contributed by atoms with Crippen LogP contribution in [-0.4, -0.2) is 6.61 Å². The topological polar surface area (TPSA) is 35.2 Å². The number of hydrogen-bond donors (Lipinski definition) is 1. The van der Waals surface area contributed by atoms with Gasteiger partial charge >= 0.3 is 0 Å². The maximum Gasteiger partial charge on any atom is 0.124 e. The Morgan fingerprint density at radius 2 is 2.00 bits per heavy atom. The molecular weight excluding hydrogens is 222 g/mol. The Balaban J connectivity index is 2.71. The molecule has 3 heteroatoms. The van der Waals surface area contributed by atoms with Crippen LogP contribution in [0.25, 0.3) is 0 Å². The van der Waals surface area contributed by atoms with Crippen molar-refractivity contribution in [3.05, 3.63) is 28.8 Å². The zero-order chi connectivity index (χ0) is 12.1. The lowest BCUT2D eigenvalue weighted by Gasteiger charge is -2.15. The van der Waals surface area contributed by atoms with E-state index in [1.54, 1.807) is 0 Å². The van der Waals surface area contributed by atoms with Crippen LogP contribution in [0.4, 0.5) is 0 Å². The second kappa shape index (κ2) is 6.12. The quantitative estimate of drug-likeness (QED) is 0.852. The number of benzene rings is 1. The lowest BCUT2D eigenvalue weighted by molar-refractivity contribution is 0.286. The van der Waals surface area contributed by atoms with Gasteiger partial charge in [0.1, 0.15) is 5.75 Å². The summed E-state index contributed by atoms with van der Waals surface area (Å²) in [7, 11) is 0.